The van der Waals surface area contributed by atoms with Gasteiger partial charge in [0.15, 0.2) is 0 Å². The van der Waals surface area contributed by atoms with Crippen molar-refractivity contribution in [1.29, 1.82) is 5.41 Å². The molecule has 0 spiro atoms. The molecule has 0 aliphatic carbocycles. The molecule has 0 aromatic heterocycles. The molecule has 5 rings (SSSR count). The number of nitrogens with zero attached hydrogens (tertiary/aromatic N) is 2. The number of carbonyl (C=O) groups excluding carboxylic acids is 3. The second-order valence-electron chi connectivity index (χ2n) is 10.5. The van der Waals surface area contributed by atoms with Gasteiger partial charge in [0.05, 0.1) is 24.4 Å². The van der Waals surface area contributed by atoms with Crippen molar-refractivity contribution in [3.8, 4) is 0 Å². The molecular formula is C28H36N6O9S2. The molecule has 0 saturated carbocycles. The summed E-state index contributed by atoms with van der Waals surface area (Å²) in [5.74, 6) is -2.79. The Morgan fingerprint density at radius 3 is 2.36 bits per heavy atom. The highest BCUT2D eigenvalue weighted by atomic mass is 32.2. The summed E-state index contributed by atoms with van der Waals surface area (Å²) in [6.45, 7) is 3.81. The number of carbonyl (C=O) groups is 5. The van der Waals surface area contributed by atoms with E-state index in [1.165, 1.54) is 33.3 Å². The van der Waals surface area contributed by atoms with E-state index in [9.17, 15) is 39.3 Å². The topological polar surface area (TPSA) is 258 Å². The predicted octanol–water partition coefficient (Wildman–Crippen LogP) is -0.556. The smallest absolute Gasteiger partial charge is 0.353 e. The molecule has 6 atom stereocenters. The number of thioether (sulfide) groups is 2. The maximum Gasteiger partial charge on any atom is 0.353 e. The number of aliphatic carboxylic acids is 2. The number of hydrogen-bond acceptors (Lipinski definition) is 10. The number of rotatable bonds is 11. The van der Waals surface area contributed by atoms with E-state index in [-0.39, 0.29) is 28.8 Å². The lowest BCUT2D eigenvalue weighted by Gasteiger charge is -2.49. The van der Waals surface area contributed by atoms with Crippen LogP contribution < -0.4 is 16.4 Å². The van der Waals surface area contributed by atoms with E-state index in [2.05, 4.69) is 10.6 Å². The van der Waals surface area contributed by atoms with Gasteiger partial charge in [-0.05, 0) is 25.0 Å². The first-order chi connectivity index (χ1) is 20.9. The fraction of sp³-hybridized carbons (Fsp3) is 0.429. The number of carboxylic acids is 2. The van der Waals surface area contributed by atoms with Crippen molar-refractivity contribution in [3.05, 3.63) is 57.8 Å². The normalized spacial score (nSPS) is 24.4. The SMILES string of the molecule is CC1=C(C(=O)O)N2C(=O)[C@@H](NC(=O)[C@H](N)c3ccccc3)[C@H]2SC1.C[C@@H](O)[C@H]1C(=O)N2C(C(=O)O)=C(SCCNC=N)C[C@H]12.O. The van der Waals surface area contributed by atoms with Gasteiger partial charge in [-0.1, -0.05) is 30.3 Å². The summed E-state index contributed by atoms with van der Waals surface area (Å²) in [6.07, 6.45) is 0.808. The number of hydrogen-bond donors (Lipinski definition) is 7. The standard InChI is InChI=1S/C16H17N3O4S.C12H17N3O4S.H2O/c1-8-7-24-15-11(14(21)19(15)12(8)16(22)23)18-13(20)10(17)9-5-3-2-4-6-9;1-6(16)9-7-4-8(20-3-2-14-5-13)10(12(18)19)15(7)11(9)17;/h2-6,10-11,15H,7,17H2,1H3,(H,18,20)(H,22,23);5-7,9,16H,2-4H2,1H3,(H2,13,14)(H,18,19);1H2/t10-,11-,15-;6-,7-,9-;/m11./s1. The van der Waals surface area contributed by atoms with Crippen LogP contribution in [0.15, 0.2) is 52.2 Å². The molecule has 1 aromatic rings. The summed E-state index contributed by atoms with van der Waals surface area (Å²) in [6, 6.07) is 7.00. The molecule has 2 fully saturated rings. The number of nitrogens with one attached hydrogen (secondary N) is 3. The fourth-order valence-electron chi connectivity index (χ4n) is 5.50. The second kappa shape index (κ2) is 14.9. The zero-order valence-corrected chi connectivity index (χ0v) is 26.1. The van der Waals surface area contributed by atoms with Crippen molar-refractivity contribution in [2.24, 2.45) is 11.7 Å². The summed E-state index contributed by atoms with van der Waals surface area (Å²) in [7, 11) is 0. The molecule has 244 valence electrons. The number of aliphatic hydroxyl groups excluding tert-OH is 1. The zero-order chi connectivity index (χ0) is 32.3. The van der Waals surface area contributed by atoms with Gasteiger partial charge in [0.2, 0.25) is 11.8 Å². The van der Waals surface area contributed by atoms with Gasteiger partial charge in [-0.2, -0.15) is 0 Å². The number of nitrogens with two attached hydrogens (primary N) is 1. The van der Waals surface area contributed by atoms with E-state index >= 15 is 0 Å². The van der Waals surface area contributed by atoms with Crippen molar-refractivity contribution in [1.82, 2.24) is 20.4 Å². The van der Waals surface area contributed by atoms with Gasteiger partial charge in [-0.25, -0.2) is 9.59 Å². The second-order valence-corrected chi connectivity index (χ2v) is 12.8. The molecule has 2 saturated heterocycles. The highest BCUT2D eigenvalue weighted by molar-refractivity contribution is 8.03. The van der Waals surface area contributed by atoms with Crippen molar-refractivity contribution in [2.75, 3.05) is 18.1 Å². The lowest BCUT2D eigenvalue weighted by atomic mass is 9.83. The minimum atomic E-state index is -1.13. The Morgan fingerprint density at radius 1 is 1.13 bits per heavy atom. The van der Waals surface area contributed by atoms with Crippen LogP contribution in [0.3, 0.4) is 0 Å². The Hall–Kier alpha value is -3.90. The Kier molecular flexibility index (Phi) is 11.8. The summed E-state index contributed by atoms with van der Waals surface area (Å²) in [5.41, 5.74) is 7.29. The highest BCUT2D eigenvalue weighted by Gasteiger charge is 2.57. The third-order valence-electron chi connectivity index (χ3n) is 7.62. The van der Waals surface area contributed by atoms with Crippen LogP contribution in [0.5, 0.6) is 0 Å². The van der Waals surface area contributed by atoms with Crippen molar-refractivity contribution < 1.29 is 44.8 Å². The van der Waals surface area contributed by atoms with Crippen LogP contribution in [0.1, 0.15) is 31.9 Å². The number of amides is 3. The molecule has 45 heavy (non-hydrogen) atoms. The molecule has 3 amide bonds. The molecule has 0 radical (unpaired) electrons. The highest BCUT2D eigenvalue weighted by Crippen LogP contribution is 2.47. The lowest BCUT2D eigenvalue weighted by molar-refractivity contribution is -0.161. The van der Waals surface area contributed by atoms with Gasteiger partial charge >= 0.3 is 11.9 Å². The van der Waals surface area contributed by atoms with Gasteiger partial charge < -0.3 is 42.1 Å². The number of aliphatic hydroxyl groups is 1. The van der Waals surface area contributed by atoms with Gasteiger partial charge in [-0.15, -0.1) is 23.5 Å². The van der Waals surface area contributed by atoms with Crippen LogP contribution in [0, 0.1) is 11.3 Å². The number of fused-ring (bicyclic) bond motifs is 2. The molecule has 15 nitrogen and oxygen atoms in total. The van der Waals surface area contributed by atoms with Crippen LogP contribution in [-0.4, -0.2) is 108 Å². The third kappa shape index (κ3) is 7.01. The molecule has 4 aliphatic rings. The molecule has 4 heterocycles. The molecule has 0 unspecified atom stereocenters. The molecule has 4 aliphatic heterocycles. The van der Waals surface area contributed by atoms with E-state index in [0.29, 0.717) is 40.5 Å². The fourth-order valence-corrected chi connectivity index (χ4v) is 7.87. The Labute approximate surface area is 267 Å². The zero-order valence-electron chi connectivity index (χ0n) is 24.4. The van der Waals surface area contributed by atoms with Crippen LogP contribution in [0.25, 0.3) is 0 Å². The summed E-state index contributed by atoms with van der Waals surface area (Å²) >= 11 is 2.81. The average molecular weight is 665 g/mol. The molecule has 17 heteroatoms. The minimum absolute atomic E-state index is 0. The quantitative estimate of drug-likeness (QED) is 0.0680. The van der Waals surface area contributed by atoms with E-state index < -0.39 is 53.2 Å². The Bertz CT molecular complexity index is 1420. The Morgan fingerprint density at radius 2 is 1.78 bits per heavy atom. The predicted molar refractivity (Wildman–Crippen MR) is 167 cm³/mol. The maximum absolute atomic E-state index is 12.3. The van der Waals surface area contributed by atoms with Gasteiger partial charge in [-0.3, -0.25) is 24.7 Å². The molecule has 1 aromatic carbocycles. The minimum Gasteiger partial charge on any atom is -0.477 e. The first-order valence-corrected chi connectivity index (χ1v) is 15.7. The van der Waals surface area contributed by atoms with Gasteiger partial charge in [0.1, 0.15) is 28.9 Å². The van der Waals surface area contributed by atoms with Gasteiger partial charge in [0, 0.05) is 29.4 Å². The van der Waals surface area contributed by atoms with Crippen LogP contribution in [0.2, 0.25) is 0 Å². The van der Waals surface area contributed by atoms with E-state index in [4.69, 9.17) is 11.1 Å². The van der Waals surface area contributed by atoms with Gasteiger partial charge in [0.25, 0.3) is 5.91 Å². The maximum atomic E-state index is 12.3. The van der Waals surface area contributed by atoms with Crippen molar-refractivity contribution in [2.45, 2.75) is 49.9 Å². The summed E-state index contributed by atoms with van der Waals surface area (Å²) in [5, 5.41) is 40.0. The largest absolute Gasteiger partial charge is 0.477 e. The number of benzene rings is 1. The molecule has 10 N–H and O–H groups in total. The van der Waals surface area contributed by atoms with Crippen LogP contribution in [0.4, 0.5) is 0 Å². The monoisotopic (exact) mass is 664 g/mol. The first-order valence-electron chi connectivity index (χ1n) is 13.7. The number of carboxylic acid groups (broad SMARTS) is 2. The van der Waals surface area contributed by atoms with Crippen LogP contribution >= 0.6 is 23.5 Å². The van der Waals surface area contributed by atoms with Crippen molar-refractivity contribution >= 4 is 59.5 Å². The Balaban J connectivity index is 0.000000244. The molecule has 0 bridgehead atoms. The average Bonchev–Trinajstić information content (AvgIpc) is 3.32. The van der Waals surface area contributed by atoms with E-state index in [0.717, 1.165) is 6.34 Å². The van der Waals surface area contributed by atoms with Crippen LogP contribution in [-0.2, 0) is 24.0 Å². The molecular weight excluding hydrogens is 628 g/mol. The number of β-lactam (4-membered cyclic amide) rings is 2. The third-order valence-corrected chi connectivity index (χ3v) is 10.2. The van der Waals surface area contributed by atoms with Crippen molar-refractivity contribution in [3.63, 3.8) is 0 Å². The lowest BCUT2D eigenvalue weighted by Crippen LogP contribution is -2.71. The van der Waals surface area contributed by atoms with E-state index in [1.807, 2.05) is 6.07 Å². The first kappa shape index (κ1) is 35.6. The summed E-state index contributed by atoms with van der Waals surface area (Å²) in [4.78, 5) is 62.4. The summed E-state index contributed by atoms with van der Waals surface area (Å²) < 4.78 is 0. The van der Waals surface area contributed by atoms with E-state index in [1.54, 1.807) is 38.1 Å².